The molecule has 0 rings (SSSR count). The second-order valence-electron chi connectivity index (χ2n) is 21.3. The van der Waals surface area contributed by atoms with Crippen LogP contribution >= 0.6 is 7.82 Å². The number of esters is 2. The highest BCUT2D eigenvalue weighted by molar-refractivity contribution is 7.47. The number of carbonyl (C=O) groups excluding carboxylic acids is 2. The summed E-state index contributed by atoms with van der Waals surface area (Å²) in [5, 5.41) is 0. The van der Waals surface area contributed by atoms with Gasteiger partial charge in [-0.3, -0.25) is 18.6 Å². The summed E-state index contributed by atoms with van der Waals surface area (Å²) in [4.78, 5) is 35.8. The zero-order chi connectivity index (χ0) is 57.0. The smallest absolute Gasteiger partial charge is 0.462 e. The van der Waals surface area contributed by atoms with Gasteiger partial charge >= 0.3 is 19.8 Å². The Morgan fingerprint density at radius 3 is 1.03 bits per heavy atom. The minimum absolute atomic E-state index is 0.0227. The van der Waals surface area contributed by atoms with E-state index in [1.165, 1.54) is 70.6 Å². The van der Waals surface area contributed by atoms with E-state index in [0.29, 0.717) is 17.4 Å². The van der Waals surface area contributed by atoms with Gasteiger partial charge in [0, 0.05) is 12.8 Å². The van der Waals surface area contributed by atoms with Gasteiger partial charge in [0.05, 0.1) is 27.7 Å². The van der Waals surface area contributed by atoms with Crippen LogP contribution in [0.3, 0.4) is 0 Å². The molecule has 0 spiro atoms. The number of phosphoric acid groups is 1. The Morgan fingerprint density at radius 2 is 0.692 bits per heavy atom. The first-order chi connectivity index (χ1) is 38.0. The summed E-state index contributed by atoms with van der Waals surface area (Å²) >= 11 is 0. The van der Waals surface area contributed by atoms with Gasteiger partial charge in [-0.2, -0.15) is 0 Å². The molecule has 0 aliphatic heterocycles. The van der Waals surface area contributed by atoms with Crippen LogP contribution in [-0.4, -0.2) is 74.9 Å². The number of unbranched alkanes of at least 4 members (excludes halogenated alkanes) is 19. The topological polar surface area (TPSA) is 108 Å². The average Bonchev–Trinajstić information content (AvgIpc) is 3.40. The van der Waals surface area contributed by atoms with Crippen LogP contribution in [0.25, 0.3) is 0 Å². The number of phosphoric ester groups is 1. The van der Waals surface area contributed by atoms with Gasteiger partial charge in [-0.05, 0) is 109 Å². The summed E-state index contributed by atoms with van der Waals surface area (Å²) < 4.78 is 34.6. The summed E-state index contributed by atoms with van der Waals surface area (Å²) in [5.74, 6) is -0.816. The van der Waals surface area contributed by atoms with Crippen LogP contribution in [0.15, 0.2) is 134 Å². The first-order valence-electron chi connectivity index (χ1n) is 30.9. The van der Waals surface area contributed by atoms with Crippen molar-refractivity contribution in [2.24, 2.45) is 0 Å². The average molecular weight is 1110 g/mol. The minimum atomic E-state index is -4.40. The molecule has 1 N–H and O–H groups in total. The monoisotopic (exact) mass is 1100 g/mol. The van der Waals surface area contributed by atoms with Crippen LogP contribution in [0.1, 0.15) is 232 Å². The number of quaternary nitrogens is 1. The normalized spacial score (nSPS) is 14.2. The van der Waals surface area contributed by atoms with E-state index in [4.69, 9.17) is 18.5 Å². The third-order valence-corrected chi connectivity index (χ3v) is 13.7. The molecule has 0 aromatic heterocycles. The molecule has 2 unspecified atom stereocenters. The van der Waals surface area contributed by atoms with Gasteiger partial charge in [-0.15, -0.1) is 0 Å². The van der Waals surface area contributed by atoms with Crippen LogP contribution in [0.2, 0.25) is 0 Å². The number of hydrogen-bond acceptors (Lipinski definition) is 7. The molecule has 0 aliphatic rings. The van der Waals surface area contributed by atoms with Crippen LogP contribution in [0.4, 0.5) is 0 Å². The molecule has 444 valence electrons. The van der Waals surface area contributed by atoms with E-state index in [0.717, 1.165) is 128 Å². The lowest BCUT2D eigenvalue weighted by Crippen LogP contribution is -2.37. The molecule has 0 saturated carbocycles. The lowest BCUT2D eigenvalue weighted by Gasteiger charge is -2.24. The van der Waals surface area contributed by atoms with E-state index >= 15 is 0 Å². The number of rotatable bonds is 55. The highest BCUT2D eigenvalue weighted by Crippen LogP contribution is 2.43. The molecule has 0 amide bonds. The molecule has 0 heterocycles. The van der Waals surface area contributed by atoms with Crippen molar-refractivity contribution in [3.05, 3.63) is 134 Å². The molecule has 0 radical (unpaired) electrons. The van der Waals surface area contributed by atoms with Crippen molar-refractivity contribution in [3.63, 3.8) is 0 Å². The number of ether oxygens (including phenoxy) is 2. The summed E-state index contributed by atoms with van der Waals surface area (Å²) in [7, 11) is 1.45. The molecule has 0 aliphatic carbocycles. The van der Waals surface area contributed by atoms with Crippen LogP contribution < -0.4 is 0 Å². The van der Waals surface area contributed by atoms with Crippen LogP contribution in [0, 0.1) is 0 Å². The Balaban J connectivity index is 4.19. The van der Waals surface area contributed by atoms with E-state index in [2.05, 4.69) is 148 Å². The van der Waals surface area contributed by atoms with Gasteiger partial charge < -0.3 is 18.9 Å². The molecule has 10 heteroatoms. The molecule has 0 saturated heterocycles. The molecule has 0 aromatic carbocycles. The standard InChI is InChI=1S/C68H114NO8P/c1-6-8-10-12-14-16-18-20-22-24-26-28-30-31-32-33-34-35-36-37-39-41-43-45-47-49-51-53-55-57-59-61-68(71)77-66(65-76-78(72,73)75-63-62-69(3,4)5)64-74-67(70)60-58-56-54-52-50-48-46-44-42-40-38-29-27-25-23-21-19-17-15-13-11-9-7-2/h8-11,14-17,20-23,26-29,31-32,34-35,37,39,66H,6-7,12-13,18-19,24-25,30,33,36,38,40-65H2,1-5H3/p+1/b10-8-,11-9-,16-14-,17-15-,22-20-,23-21-,28-26-,29-27-,32-31-,35-34-,39-37-. The number of allylic oxidation sites excluding steroid dienone is 22. The summed E-state index contributed by atoms with van der Waals surface area (Å²) in [6.45, 7) is 4.19. The van der Waals surface area contributed by atoms with E-state index in [-0.39, 0.29) is 32.0 Å². The fourth-order valence-corrected chi connectivity index (χ4v) is 8.73. The Kier molecular flexibility index (Phi) is 55.0. The SMILES string of the molecule is CC/C=C\C/C=C\C/C=C\C/C=C\C/C=C\C/C=C\C/C=C\CCCCCCCCCCCC(=O)OC(COC(=O)CCCCCCCCCCCC/C=C\C/C=C\C/C=C\C/C=C\CC)COP(=O)(O)OCC[N+](C)(C)C. The zero-order valence-corrected chi connectivity index (χ0v) is 51.2. The van der Waals surface area contributed by atoms with Crippen molar-refractivity contribution in [2.75, 3.05) is 47.5 Å². The Hall–Kier alpha value is -3.85. The van der Waals surface area contributed by atoms with Crippen molar-refractivity contribution >= 4 is 19.8 Å². The predicted molar refractivity (Wildman–Crippen MR) is 334 cm³/mol. The molecule has 78 heavy (non-hydrogen) atoms. The van der Waals surface area contributed by atoms with Crippen molar-refractivity contribution in [2.45, 2.75) is 238 Å². The second kappa shape index (κ2) is 57.8. The zero-order valence-electron chi connectivity index (χ0n) is 50.3. The lowest BCUT2D eigenvalue weighted by molar-refractivity contribution is -0.870. The van der Waals surface area contributed by atoms with Gasteiger partial charge in [0.15, 0.2) is 6.10 Å². The summed E-state index contributed by atoms with van der Waals surface area (Å²) in [6, 6.07) is 0. The predicted octanol–water partition coefficient (Wildman–Crippen LogP) is 19.7. The molecule has 0 aromatic rings. The van der Waals surface area contributed by atoms with Gasteiger partial charge in [0.25, 0.3) is 0 Å². The van der Waals surface area contributed by atoms with Crippen LogP contribution in [0.5, 0.6) is 0 Å². The fourth-order valence-electron chi connectivity index (χ4n) is 7.99. The minimum Gasteiger partial charge on any atom is -0.462 e. The molecular formula is C68H115NO8P+. The van der Waals surface area contributed by atoms with Gasteiger partial charge in [-0.1, -0.05) is 244 Å². The Morgan fingerprint density at radius 1 is 0.397 bits per heavy atom. The van der Waals surface area contributed by atoms with Crippen molar-refractivity contribution in [3.8, 4) is 0 Å². The molecule has 9 nitrogen and oxygen atoms in total. The van der Waals surface area contributed by atoms with Gasteiger partial charge in [0.1, 0.15) is 19.8 Å². The number of hydrogen-bond donors (Lipinski definition) is 1. The highest BCUT2D eigenvalue weighted by atomic mass is 31.2. The van der Waals surface area contributed by atoms with Crippen LogP contribution in [-0.2, 0) is 32.7 Å². The largest absolute Gasteiger partial charge is 0.472 e. The number of nitrogens with zero attached hydrogens (tertiary/aromatic N) is 1. The third-order valence-electron chi connectivity index (χ3n) is 12.7. The van der Waals surface area contributed by atoms with E-state index in [1.807, 2.05) is 21.1 Å². The quantitative estimate of drug-likeness (QED) is 0.0211. The maximum atomic E-state index is 12.8. The molecule has 0 bridgehead atoms. The fraction of sp³-hybridized carbons (Fsp3) is 0.647. The summed E-state index contributed by atoms with van der Waals surface area (Å²) in [6.07, 6.45) is 83.8. The van der Waals surface area contributed by atoms with E-state index in [1.54, 1.807) is 0 Å². The van der Waals surface area contributed by atoms with E-state index in [9.17, 15) is 19.0 Å². The van der Waals surface area contributed by atoms with E-state index < -0.39 is 26.5 Å². The maximum absolute atomic E-state index is 12.8. The van der Waals surface area contributed by atoms with Crippen molar-refractivity contribution < 1.29 is 42.1 Å². The Labute approximate surface area is 479 Å². The first kappa shape index (κ1) is 74.2. The second-order valence-corrected chi connectivity index (χ2v) is 22.8. The lowest BCUT2D eigenvalue weighted by atomic mass is 10.1. The Bertz CT molecular complexity index is 1780. The maximum Gasteiger partial charge on any atom is 0.472 e. The summed E-state index contributed by atoms with van der Waals surface area (Å²) in [5.41, 5.74) is 0. The van der Waals surface area contributed by atoms with Gasteiger partial charge in [-0.25, -0.2) is 4.57 Å². The number of likely N-dealkylation sites (N-methyl/N-ethyl adjacent to an activating group) is 1. The van der Waals surface area contributed by atoms with Crippen molar-refractivity contribution in [1.82, 2.24) is 0 Å². The number of carbonyl (C=O) groups is 2. The highest BCUT2D eigenvalue weighted by Gasteiger charge is 2.27. The first-order valence-corrected chi connectivity index (χ1v) is 32.4. The van der Waals surface area contributed by atoms with Gasteiger partial charge in [0.2, 0.25) is 0 Å². The molecular weight excluding hydrogens is 990 g/mol. The third kappa shape index (κ3) is 61.4. The van der Waals surface area contributed by atoms with Crippen molar-refractivity contribution in [1.29, 1.82) is 0 Å². The molecule has 0 fully saturated rings. The molecule has 2 atom stereocenters.